The number of carbonyl (C=O) groups excluding carboxylic acids is 1. The Morgan fingerprint density at radius 1 is 0.796 bits per heavy atom. The largest absolute Gasteiger partial charge is 0.490 e. The number of carboxylic acids is 3. The molecule has 296 valence electrons. The van der Waals surface area contributed by atoms with Gasteiger partial charge >= 0.3 is 36.4 Å². The third-order valence-electron chi connectivity index (χ3n) is 6.87. The summed E-state index contributed by atoms with van der Waals surface area (Å²) < 4.78 is 95.2. The van der Waals surface area contributed by atoms with Crippen molar-refractivity contribution in [1.82, 2.24) is 19.9 Å². The van der Waals surface area contributed by atoms with E-state index in [1.54, 1.807) is 19.3 Å². The number of rotatable bonds is 2. The van der Waals surface area contributed by atoms with Gasteiger partial charge in [0.05, 0.1) is 18.1 Å². The summed E-state index contributed by atoms with van der Waals surface area (Å²) in [4.78, 5) is 53.5. The van der Waals surface area contributed by atoms with E-state index < -0.39 is 36.4 Å². The Balaban J connectivity index is 0.000000393. The number of hydrogen-bond acceptors (Lipinski definition) is 10. The molecule has 0 spiro atoms. The molecule has 1 amide bonds. The predicted molar refractivity (Wildman–Crippen MR) is 172 cm³/mol. The standard InChI is InChI=1S/C24H26ClN7O.3C2HF3O2/c1-15(33)32-8-6-18(7-9-32)28-22-5-4-19-11-17(22)3-2-16-10-20(13-26-12-16)30-24-27-14-21(25)23(29-19)31-24;3*3-2(4,5)1(6)7/h4-5,10-14,18,28H,2-3,6-9H2,1H3,(H2,27,29,30,31);3*(H,6,7). The number of halogens is 10. The van der Waals surface area contributed by atoms with Gasteiger partial charge in [0.2, 0.25) is 11.9 Å². The van der Waals surface area contributed by atoms with Crippen LogP contribution < -0.4 is 16.0 Å². The molecule has 1 aromatic carbocycles. The van der Waals surface area contributed by atoms with E-state index in [2.05, 4.69) is 49.1 Å². The van der Waals surface area contributed by atoms with Crippen molar-refractivity contribution in [3.63, 3.8) is 0 Å². The average molecular weight is 806 g/mol. The summed E-state index contributed by atoms with van der Waals surface area (Å²) in [7, 11) is 0. The van der Waals surface area contributed by atoms with Crippen molar-refractivity contribution in [1.29, 1.82) is 0 Å². The van der Waals surface area contributed by atoms with Crippen molar-refractivity contribution in [3.05, 3.63) is 59.0 Å². The number of aliphatic carboxylic acids is 3. The third kappa shape index (κ3) is 15.2. The number of amides is 1. The van der Waals surface area contributed by atoms with Gasteiger partial charge in [0, 0.05) is 43.6 Å². The Morgan fingerprint density at radius 3 is 1.83 bits per heavy atom. The summed E-state index contributed by atoms with van der Waals surface area (Å²) in [6.07, 6.45) is -6.43. The SMILES string of the molecule is CC(=O)N1CCC(Nc2ccc3cc2CCc2cncc(c2)Nc2ncc(Cl)c(n2)N3)CC1.O=C(O)C(F)(F)F.O=C(O)C(F)(F)F.O=C(O)C(F)(F)F. The van der Waals surface area contributed by atoms with Gasteiger partial charge in [-0.1, -0.05) is 11.6 Å². The molecule has 0 aliphatic carbocycles. The molecule has 2 aromatic heterocycles. The number of carbonyl (C=O) groups is 4. The number of likely N-dealkylation sites (tertiary alicyclic amines) is 1. The lowest BCUT2D eigenvalue weighted by molar-refractivity contribution is -0.193. The number of nitrogens with zero attached hydrogens (tertiary/aromatic N) is 4. The highest BCUT2D eigenvalue weighted by molar-refractivity contribution is 6.32. The predicted octanol–water partition coefficient (Wildman–Crippen LogP) is 6.43. The molecule has 54 heavy (non-hydrogen) atoms. The van der Waals surface area contributed by atoms with E-state index in [0.29, 0.717) is 22.8 Å². The van der Waals surface area contributed by atoms with E-state index in [-0.39, 0.29) is 5.91 Å². The molecule has 2 aliphatic rings. The number of pyridine rings is 1. The van der Waals surface area contributed by atoms with Crippen molar-refractivity contribution >= 4 is 64.2 Å². The molecule has 14 nitrogen and oxygen atoms in total. The first kappa shape index (κ1) is 44.6. The van der Waals surface area contributed by atoms with Crippen molar-refractivity contribution in [2.24, 2.45) is 0 Å². The normalized spacial score (nSPS) is 14.1. The van der Waals surface area contributed by atoms with E-state index >= 15 is 0 Å². The first-order valence-corrected chi connectivity index (χ1v) is 15.3. The van der Waals surface area contributed by atoms with Gasteiger partial charge in [-0.15, -0.1) is 0 Å². The number of nitrogens with one attached hydrogen (secondary N) is 3. The summed E-state index contributed by atoms with van der Waals surface area (Å²) in [6, 6.07) is 8.70. The molecule has 1 saturated heterocycles. The van der Waals surface area contributed by atoms with Gasteiger partial charge in [0.25, 0.3) is 0 Å². The molecule has 5 rings (SSSR count). The van der Waals surface area contributed by atoms with Crippen molar-refractivity contribution in [2.45, 2.75) is 57.2 Å². The Labute approximate surface area is 303 Å². The Kier molecular flexibility index (Phi) is 15.6. The van der Waals surface area contributed by atoms with Crippen LogP contribution in [-0.4, -0.2) is 96.6 Å². The number of benzene rings is 1. The zero-order valence-corrected chi connectivity index (χ0v) is 28.2. The van der Waals surface area contributed by atoms with Crippen LogP contribution in [0.1, 0.15) is 30.9 Å². The summed E-state index contributed by atoms with van der Waals surface area (Å²) in [5, 5.41) is 32.1. The second-order valence-electron chi connectivity index (χ2n) is 10.9. The fourth-order valence-electron chi connectivity index (χ4n) is 4.33. The Bertz CT molecular complexity index is 1730. The molecular formula is C30H29ClF9N7O7. The van der Waals surface area contributed by atoms with Gasteiger partial charge in [0.1, 0.15) is 5.02 Å². The molecule has 0 unspecified atom stereocenters. The molecule has 2 aliphatic heterocycles. The number of hydrogen-bond donors (Lipinski definition) is 6. The van der Waals surface area contributed by atoms with Crippen molar-refractivity contribution < 1.29 is 74.0 Å². The monoisotopic (exact) mass is 805 g/mol. The van der Waals surface area contributed by atoms with Crippen LogP contribution in [0.3, 0.4) is 0 Å². The maximum Gasteiger partial charge on any atom is 0.490 e. The second-order valence-corrected chi connectivity index (χ2v) is 11.3. The van der Waals surface area contributed by atoms with Gasteiger partial charge in [0.15, 0.2) is 5.82 Å². The van der Waals surface area contributed by atoms with Gasteiger partial charge in [-0.25, -0.2) is 19.4 Å². The highest BCUT2D eigenvalue weighted by Crippen LogP contribution is 2.30. The molecule has 3 aromatic rings. The lowest BCUT2D eigenvalue weighted by Crippen LogP contribution is -2.41. The zero-order valence-electron chi connectivity index (χ0n) is 27.4. The van der Waals surface area contributed by atoms with Crippen LogP contribution in [0.2, 0.25) is 5.02 Å². The van der Waals surface area contributed by atoms with E-state index in [4.69, 9.17) is 41.3 Å². The first-order chi connectivity index (χ1) is 24.9. The van der Waals surface area contributed by atoms with Gasteiger partial charge in [-0.3, -0.25) is 9.78 Å². The number of carboxylic acid groups (broad SMARTS) is 3. The highest BCUT2D eigenvalue weighted by atomic mass is 35.5. The average Bonchev–Trinajstić information content (AvgIpc) is 3.06. The molecule has 4 heterocycles. The molecule has 0 radical (unpaired) electrons. The maximum absolute atomic E-state index is 11.6. The van der Waals surface area contributed by atoms with E-state index in [1.165, 1.54) is 5.56 Å². The van der Waals surface area contributed by atoms with Crippen molar-refractivity contribution in [3.8, 4) is 0 Å². The summed E-state index contributed by atoms with van der Waals surface area (Å²) in [5.41, 5.74) is 5.21. The van der Waals surface area contributed by atoms with Crippen LogP contribution in [0, 0.1) is 0 Å². The fraction of sp³-hybridized carbons (Fsp3) is 0.367. The molecule has 6 bridgehead atoms. The number of fused-ring (bicyclic) bond motifs is 6. The molecule has 1 fully saturated rings. The number of aromatic nitrogens is 3. The lowest BCUT2D eigenvalue weighted by Gasteiger charge is -2.32. The van der Waals surface area contributed by atoms with E-state index in [0.717, 1.165) is 61.4 Å². The van der Waals surface area contributed by atoms with Crippen LogP contribution in [0.25, 0.3) is 0 Å². The fourth-order valence-corrected chi connectivity index (χ4v) is 4.47. The lowest BCUT2D eigenvalue weighted by atomic mass is 10.00. The van der Waals surface area contributed by atoms with Gasteiger partial charge < -0.3 is 36.2 Å². The molecule has 6 N–H and O–H groups in total. The minimum Gasteiger partial charge on any atom is -0.475 e. The van der Waals surface area contributed by atoms with Crippen LogP contribution in [-0.2, 0) is 32.0 Å². The van der Waals surface area contributed by atoms with Gasteiger partial charge in [-0.05, 0) is 61.1 Å². The quantitative estimate of drug-likeness (QED) is 0.155. The number of piperidine rings is 1. The van der Waals surface area contributed by atoms with Crippen molar-refractivity contribution in [2.75, 3.05) is 29.0 Å². The third-order valence-corrected chi connectivity index (χ3v) is 7.15. The van der Waals surface area contributed by atoms with Crippen LogP contribution >= 0.6 is 11.6 Å². The molecule has 0 saturated carbocycles. The van der Waals surface area contributed by atoms with Crippen LogP contribution in [0.15, 0.2) is 42.9 Å². The Hall–Kier alpha value is -5.61. The number of aryl methyl sites for hydroxylation is 2. The highest BCUT2D eigenvalue weighted by Gasteiger charge is 2.39. The zero-order chi connectivity index (χ0) is 41.0. The molecular weight excluding hydrogens is 777 g/mol. The summed E-state index contributed by atoms with van der Waals surface area (Å²) >= 11 is 6.36. The first-order valence-electron chi connectivity index (χ1n) is 14.9. The van der Waals surface area contributed by atoms with E-state index in [1.807, 2.05) is 17.2 Å². The minimum atomic E-state index is -5.08. The molecule has 0 atom stereocenters. The second kappa shape index (κ2) is 18.9. The maximum atomic E-state index is 11.6. The smallest absolute Gasteiger partial charge is 0.475 e. The summed E-state index contributed by atoms with van der Waals surface area (Å²) in [6.45, 7) is 3.23. The Morgan fingerprint density at radius 2 is 1.33 bits per heavy atom. The van der Waals surface area contributed by atoms with Crippen LogP contribution in [0.5, 0.6) is 0 Å². The summed E-state index contributed by atoms with van der Waals surface area (Å²) in [5.74, 6) is -7.12. The number of alkyl halides is 9. The van der Waals surface area contributed by atoms with Crippen LogP contribution in [0.4, 0.5) is 68.3 Å². The topological polar surface area (TPSA) is 207 Å². The number of anilines is 5. The van der Waals surface area contributed by atoms with Gasteiger partial charge in [-0.2, -0.15) is 44.5 Å². The molecule has 24 heteroatoms. The van der Waals surface area contributed by atoms with E-state index in [9.17, 15) is 44.3 Å². The minimum absolute atomic E-state index is 0.152.